The fourth-order valence-electron chi connectivity index (χ4n) is 3.24. The average Bonchev–Trinajstić information content (AvgIpc) is 3.09. The minimum Gasteiger partial charge on any atom is -0.357 e. The summed E-state index contributed by atoms with van der Waals surface area (Å²) in [5.41, 5.74) is 0.616. The first-order valence-electron chi connectivity index (χ1n) is 8.95. The molecular weight excluding hydrogens is 366 g/mol. The van der Waals surface area contributed by atoms with Gasteiger partial charge in [0.2, 0.25) is 5.13 Å². The van der Waals surface area contributed by atoms with Crippen LogP contribution in [-0.4, -0.2) is 26.2 Å². The van der Waals surface area contributed by atoms with Crippen LogP contribution < -0.4 is 10.9 Å². The molecule has 136 valence electrons. The molecule has 6 nitrogen and oxygen atoms in total. The fraction of sp³-hybridized carbons (Fsp3) is 0.444. The Bertz CT molecular complexity index is 948. The summed E-state index contributed by atoms with van der Waals surface area (Å²) >= 11 is 3.14. The lowest BCUT2D eigenvalue weighted by molar-refractivity contribution is 0.462. The van der Waals surface area contributed by atoms with E-state index in [4.69, 9.17) is 0 Å². The molecule has 4 rings (SSSR count). The number of H-pyrrole nitrogens is 1. The molecule has 0 saturated heterocycles. The molecule has 0 unspecified atom stereocenters. The summed E-state index contributed by atoms with van der Waals surface area (Å²) in [5, 5.41) is 13.5. The maximum Gasteiger partial charge on any atom is 0.258 e. The molecule has 8 heteroatoms. The minimum atomic E-state index is -0.102. The van der Waals surface area contributed by atoms with Crippen molar-refractivity contribution in [3.8, 4) is 0 Å². The minimum absolute atomic E-state index is 0.0113. The number of aromatic nitrogens is 4. The summed E-state index contributed by atoms with van der Waals surface area (Å²) in [6, 6.07) is 7.91. The van der Waals surface area contributed by atoms with Crippen molar-refractivity contribution >= 4 is 39.1 Å². The first kappa shape index (κ1) is 17.5. The number of hydrogen-bond donors (Lipinski definition) is 2. The van der Waals surface area contributed by atoms with E-state index in [9.17, 15) is 4.79 Å². The van der Waals surface area contributed by atoms with Crippen LogP contribution in [-0.2, 0) is 0 Å². The Morgan fingerprint density at radius 3 is 2.88 bits per heavy atom. The van der Waals surface area contributed by atoms with Crippen LogP contribution in [0.5, 0.6) is 0 Å². The first-order valence-corrected chi connectivity index (χ1v) is 10.6. The predicted molar refractivity (Wildman–Crippen MR) is 107 cm³/mol. The van der Waals surface area contributed by atoms with Gasteiger partial charge in [-0.3, -0.25) is 4.79 Å². The van der Waals surface area contributed by atoms with Gasteiger partial charge in [0.05, 0.1) is 16.2 Å². The number of nitrogens with zero attached hydrogens (tertiary/aromatic N) is 3. The molecule has 0 bridgehead atoms. The van der Waals surface area contributed by atoms with E-state index in [-0.39, 0.29) is 10.8 Å². The van der Waals surface area contributed by atoms with Crippen LogP contribution in [0.4, 0.5) is 5.13 Å². The second-order valence-electron chi connectivity index (χ2n) is 6.58. The summed E-state index contributed by atoms with van der Waals surface area (Å²) in [5.74, 6) is 0.663. The van der Waals surface area contributed by atoms with Crippen molar-refractivity contribution in [1.82, 2.24) is 20.2 Å². The maximum atomic E-state index is 12.2. The third-order valence-corrected chi connectivity index (χ3v) is 6.68. The van der Waals surface area contributed by atoms with E-state index in [0.717, 1.165) is 15.0 Å². The SMILES string of the molecule is C[C@@H](Sc1nnc(NC2CCCCC2)s1)c1nc2ccccc2c(=O)[nH]1. The highest BCUT2D eigenvalue weighted by atomic mass is 32.2. The lowest BCUT2D eigenvalue weighted by atomic mass is 9.96. The standard InChI is InChI=1S/C18H21N5OS2/c1-11(15-20-14-10-6-5-9-13(14)16(24)21-15)25-18-23-22-17(26-18)19-12-7-3-2-4-8-12/h5-6,9-12H,2-4,7-8H2,1H3,(H,19,22)(H,20,21,24)/t11-/m1/s1. The highest BCUT2D eigenvalue weighted by Gasteiger charge is 2.18. The van der Waals surface area contributed by atoms with E-state index in [2.05, 4.69) is 25.5 Å². The fourth-order valence-corrected chi connectivity index (χ4v) is 5.27. The van der Waals surface area contributed by atoms with Crippen molar-refractivity contribution < 1.29 is 0 Å². The van der Waals surface area contributed by atoms with Crippen LogP contribution >= 0.6 is 23.1 Å². The lowest BCUT2D eigenvalue weighted by Crippen LogP contribution is -2.21. The van der Waals surface area contributed by atoms with E-state index in [0.29, 0.717) is 17.3 Å². The molecule has 1 fully saturated rings. The topological polar surface area (TPSA) is 83.6 Å². The smallest absolute Gasteiger partial charge is 0.258 e. The van der Waals surface area contributed by atoms with Gasteiger partial charge < -0.3 is 10.3 Å². The Hall–Kier alpha value is -1.93. The highest BCUT2D eigenvalue weighted by molar-refractivity contribution is 8.01. The van der Waals surface area contributed by atoms with Gasteiger partial charge in [-0.05, 0) is 31.9 Å². The van der Waals surface area contributed by atoms with E-state index in [1.54, 1.807) is 29.2 Å². The van der Waals surface area contributed by atoms with Gasteiger partial charge in [-0.2, -0.15) is 0 Å². The average molecular weight is 388 g/mol. The Balaban J connectivity index is 1.46. The Morgan fingerprint density at radius 1 is 1.23 bits per heavy atom. The van der Waals surface area contributed by atoms with Crippen LogP contribution in [0, 0.1) is 0 Å². The van der Waals surface area contributed by atoms with Gasteiger partial charge in [-0.25, -0.2) is 4.98 Å². The lowest BCUT2D eigenvalue weighted by Gasteiger charge is -2.21. The zero-order valence-corrected chi connectivity index (χ0v) is 16.2. The van der Waals surface area contributed by atoms with Crippen molar-refractivity contribution in [3.05, 3.63) is 40.4 Å². The Labute approximate surface area is 159 Å². The van der Waals surface area contributed by atoms with Gasteiger partial charge in [0, 0.05) is 6.04 Å². The summed E-state index contributed by atoms with van der Waals surface area (Å²) in [6.07, 6.45) is 6.33. The second-order valence-corrected chi connectivity index (χ2v) is 9.15. The summed E-state index contributed by atoms with van der Waals surface area (Å²) in [6.45, 7) is 2.02. The van der Waals surface area contributed by atoms with E-state index >= 15 is 0 Å². The van der Waals surface area contributed by atoms with Crippen molar-refractivity contribution in [2.24, 2.45) is 0 Å². The first-order chi connectivity index (χ1) is 12.7. The van der Waals surface area contributed by atoms with Crippen LogP contribution in [0.1, 0.15) is 50.1 Å². The second kappa shape index (κ2) is 7.75. The Morgan fingerprint density at radius 2 is 2.04 bits per heavy atom. The monoisotopic (exact) mass is 387 g/mol. The molecule has 1 aromatic carbocycles. The quantitative estimate of drug-likeness (QED) is 0.633. The summed E-state index contributed by atoms with van der Waals surface area (Å²) in [7, 11) is 0. The number of anilines is 1. The third kappa shape index (κ3) is 3.91. The van der Waals surface area contributed by atoms with Crippen molar-refractivity contribution in [3.63, 3.8) is 0 Å². The van der Waals surface area contributed by atoms with Gasteiger partial charge in [0.1, 0.15) is 5.82 Å². The molecule has 0 radical (unpaired) electrons. The number of thioether (sulfide) groups is 1. The number of rotatable bonds is 5. The number of aromatic amines is 1. The highest BCUT2D eigenvalue weighted by Crippen LogP contribution is 2.36. The zero-order chi connectivity index (χ0) is 17.9. The molecular formula is C18H21N5OS2. The number of fused-ring (bicyclic) bond motifs is 1. The molecule has 1 aliphatic rings. The maximum absolute atomic E-state index is 12.2. The number of benzene rings is 1. The van der Waals surface area contributed by atoms with Crippen molar-refractivity contribution in [1.29, 1.82) is 0 Å². The molecule has 1 aliphatic carbocycles. The molecule has 0 spiro atoms. The molecule has 1 saturated carbocycles. The molecule has 2 aromatic heterocycles. The molecule has 0 aliphatic heterocycles. The van der Waals surface area contributed by atoms with Gasteiger partial charge in [0.15, 0.2) is 4.34 Å². The largest absolute Gasteiger partial charge is 0.357 e. The van der Waals surface area contributed by atoms with Crippen LogP contribution in [0.3, 0.4) is 0 Å². The van der Waals surface area contributed by atoms with Gasteiger partial charge >= 0.3 is 0 Å². The van der Waals surface area contributed by atoms with Gasteiger partial charge in [0.25, 0.3) is 5.56 Å². The number of hydrogen-bond acceptors (Lipinski definition) is 7. The van der Waals surface area contributed by atoms with E-state index in [1.165, 1.54) is 32.1 Å². The zero-order valence-electron chi connectivity index (χ0n) is 14.6. The number of nitrogens with one attached hydrogen (secondary N) is 2. The predicted octanol–water partition coefficient (Wildman–Crippen LogP) is 4.37. The van der Waals surface area contributed by atoms with Crippen molar-refractivity contribution in [2.45, 2.75) is 54.7 Å². The summed E-state index contributed by atoms with van der Waals surface area (Å²) in [4.78, 5) is 19.7. The molecule has 1 atom stereocenters. The third-order valence-electron chi connectivity index (χ3n) is 4.63. The van der Waals surface area contributed by atoms with Crippen LogP contribution in [0.15, 0.2) is 33.4 Å². The molecule has 3 aromatic rings. The molecule has 0 amide bonds. The van der Waals surface area contributed by atoms with E-state index in [1.807, 2.05) is 25.1 Å². The van der Waals surface area contributed by atoms with Crippen LogP contribution in [0.25, 0.3) is 10.9 Å². The number of para-hydroxylation sites is 1. The molecule has 26 heavy (non-hydrogen) atoms. The van der Waals surface area contributed by atoms with Gasteiger partial charge in [-0.15, -0.1) is 10.2 Å². The van der Waals surface area contributed by atoms with Gasteiger partial charge in [-0.1, -0.05) is 54.5 Å². The van der Waals surface area contributed by atoms with Crippen molar-refractivity contribution in [2.75, 3.05) is 5.32 Å². The van der Waals surface area contributed by atoms with E-state index < -0.39 is 0 Å². The summed E-state index contributed by atoms with van der Waals surface area (Å²) < 4.78 is 0.881. The molecule has 2 heterocycles. The molecule has 2 N–H and O–H groups in total. The Kier molecular flexibility index (Phi) is 5.21. The van der Waals surface area contributed by atoms with Crippen LogP contribution in [0.2, 0.25) is 0 Å². The normalized spacial score (nSPS) is 16.7.